The van der Waals surface area contributed by atoms with Gasteiger partial charge in [0.25, 0.3) is 0 Å². The molecule has 3 heteroatoms. The zero-order chi connectivity index (χ0) is 29.1. The minimum atomic E-state index is 0.735. The van der Waals surface area contributed by atoms with Crippen molar-refractivity contribution in [3.05, 3.63) is 144 Å². The first-order valence-corrected chi connectivity index (χ1v) is 14.7. The highest BCUT2D eigenvalue weighted by molar-refractivity contribution is 6.10. The summed E-state index contributed by atoms with van der Waals surface area (Å²) < 4.78 is 8.48. The summed E-state index contributed by atoms with van der Waals surface area (Å²) in [4.78, 5) is 0. The molecule has 2 heterocycles. The van der Waals surface area contributed by atoms with Crippen LogP contribution < -0.4 is 5.73 Å². The second-order valence-electron chi connectivity index (χ2n) is 11.1. The van der Waals surface area contributed by atoms with E-state index in [2.05, 4.69) is 114 Å². The van der Waals surface area contributed by atoms with Gasteiger partial charge in [-0.2, -0.15) is 0 Å². The van der Waals surface area contributed by atoms with Crippen molar-refractivity contribution >= 4 is 56.2 Å². The molecule has 3 nitrogen and oxygen atoms in total. The molecule has 0 atom stereocenters. The zero-order valence-electron chi connectivity index (χ0n) is 24.0. The smallest absolute Gasteiger partial charge is 0.135 e. The van der Waals surface area contributed by atoms with Crippen LogP contribution in [0, 0.1) is 0 Å². The lowest BCUT2D eigenvalue weighted by molar-refractivity contribution is 0.603. The predicted octanol–water partition coefficient (Wildman–Crippen LogP) is 10.6. The fourth-order valence-corrected chi connectivity index (χ4v) is 6.81. The molecule has 2 N–H and O–H groups in total. The number of fused-ring (bicyclic) bond motifs is 7. The van der Waals surface area contributed by atoms with E-state index in [1.807, 2.05) is 25.1 Å². The first-order chi connectivity index (χ1) is 21.2. The number of hydrogen-bond acceptors (Lipinski definition) is 2. The molecule has 0 radical (unpaired) electrons. The minimum absolute atomic E-state index is 0.735. The first-order valence-electron chi connectivity index (χ1n) is 14.7. The van der Waals surface area contributed by atoms with Gasteiger partial charge in [0.1, 0.15) is 11.3 Å². The van der Waals surface area contributed by atoms with Crippen molar-refractivity contribution in [2.24, 2.45) is 0 Å². The Hall–Kier alpha value is -5.54. The van der Waals surface area contributed by atoms with E-state index in [9.17, 15) is 0 Å². The van der Waals surface area contributed by atoms with Crippen molar-refractivity contribution in [1.82, 2.24) is 4.57 Å². The van der Waals surface area contributed by atoms with Gasteiger partial charge in [0.15, 0.2) is 0 Å². The normalized spacial score (nSPS) is 13.5. The van der Waals surface area contributed by atoms with Crippen LogP contribution in [-0.4, -0.2) is 4.57 Å². The van der Waals surface area contributed by atoms with E-state index in [1.165, 1.54) is 49.6 Å². The van der Waals surface area contributed by atoms with Crippen LogP contribution in [-0.2, 0) is 6.54 Å². The Morgan fingerprint density at radius 2 is 1.47 bits per heavy atom. The molecule has 206 valence electrons. The van der Waals surface area contributed by atoms with Crippen molar-refractivity contribution in [2.75, 3.05) is 5.73 Å². The van der Waals surface area contributed by atoms with Gasteiger partial charge in [0.2, 0.25) is 0 Å². The van der Waals surface area contributed by atoms with Gasteiger partial charge >= 0.3 is 0 Å². The molecule has 0 fully saturated rings. The summed E-state index contributed by atoms with van der Waals surface area (Å²) in [5.41, 5.74) is 20.1. The molecule has 43 heavy (non-hydrogen) atoms. The Morgan fingerprint density at radius 3 is 2.30 bits per heavy atom. The van der Waals surface area contributed by atoms with E-state index in [-0.39, 0.29) is 0 Å². The fraction of sp³-hybridized carbons (Fsp3) is 0.0500. The highest BCUT2D eigenvalue weighted by Gasteiger charge is 2.25. The number of nitrogens with zero attached hydrogens (tertiary/aromatic N) is 1. The van der Waals surface area contributed by atoms with Crippen LogP contribution in [0.3, 0.4) is 0 Å². The van der Waals surface area contributed by atoms with E-state index < -0.39 is 0 Å². The summed E-state index contributed by atoms with van der Waals surface area (Å²) in [6.45, 7) is 6.70. The van der Waals surface area contributed by atoms with Crippen LogP contribution in [0.2, 0.25) is 0 Å². The third-order valence-electron chi connectivity index (χ3n) is 8.73. The Kier molecular flexibility index (Phi) is 5.73. The molecule has 8 rings (SSSR count). The molecule has 0 amide bonds. The summed E-state index contributed by atoms with van der Waals surface area (Å²) in [5, 5.41) is 3.58. The number of anilines is 1. The monoisotopic (exact) mass is 554 g/mol. The van der Waals surface area contributed by atoms with Gasteiger partial charge < -0.3 is 14.7 Å². The lowest BCUT2D eigenvalue weighted by Gasteiger charge is -2.09. The van der Waals surface area contributed by atoms with Crippen LogP contribution in [0.1, 0.15) is 29.4 Å². The average Bonchev–Trinajstić information content (AvgIpc) is 3.68. The molecule has 5 aromatic carbocycles. The molecule has 0 saturated heterocycles. The summed E-state index contributed by atoms with van der Waals surface area (Å²) in [7, 11) is 0. The highest BCUT2D eigenvalue weighted by atomic mass is 16.3. The van der Waals surface area contributed by atoms with Crippen molar-refractivity contribution in [3.8, 4) is 22.3 Å². The number of hydrogen-bond donors (Lipinski definition) is 1. The van der Waals surface area contributed by atoms with Gasteiger partial charge in [0, 0.05) is 50.6 Å². The van der Waals surface area contributed by atoms with Crippen LogP contribution >= 0.6 is 0 Å². The van der Waals surface area contributed by atoms with Crippen LogP contribution in [0.4, 0.5) is 5.69 Å². The molecule has 0 aliphatic heterocycles. The third-order valence-corrected chi connectivity index (χ3v) is 8.73. The zero-order valence-corrected chi connectivity index (χ0v) is 24.0. The molecule has 0 saturated carbocycles. The number of furan rings is 1. The number of rotatable bonds is 5. The maximum atomic E-state index is 6.55. The van der Waals surface area contributed by atoms with Gasteiger partial charge in [-0.1, -0.05) is 91.5 Å². The van der Waals surface area contributed by atoms with E-state index in [1.54, 1.807) is 6.08 Å². The molecule has 0 spiro atoms. The lowest BCUT2D eigenvalue weighted by atomic mass is 10.00. The van der Waals surface area contributed by atoms with Gasteiger partial charge in [-0.3, -0.25) is 0 Å². The van der Waals surface area contributed by atoms with Crippen LogP contribution in [0.5, 0.6) is 0 Å². The van der Waals surface area contributed by atoms with Crippen molar-refractivity contribution in [1.29, 1.82) is 0 Å². The number of benzene rings is 5. The van der Waals surface area contributed by atoms with E-state index in [4.69, 9.17) is 10.2 Å². The second kappa shape index (κ2) is 9.78. The summed E-state index contributed by atoms with van der Waals surface area (Å²) >= 11 is 0. The van der Waals surface area contributed by atoms with Gasteiger partial charge in [-0.15, -0.1) is 0 Å². The SMILES string of the molecule is C=Cc1oc2ccc(-c3ccc4c(c3)c3ccccc3n4C/C=C3/c4ccccc4-c4cccc(N)c43)cc2c1/C=C\C. The van der Waals surface area contributed by atoms with Crippen molar-refractivity contribution in [2.45, 2.75) is 13.5 Å². The van der Waals surface area contributed by atoms with E-state index in [0.717, 1.165) is 45.7 Å². The Morgan fingerprint density at radius 1 is 0.744 bits per heavy atom. The molecular weight excluding hydrogens is 524 g/mol. The second-order valence-corrected chi connectivity index (χ2v) is 11.1. The molecule has 0 bridgehead atoms. The Labute approximate surface area is 250 Å². The summed E-state index contributed by atoms with van der Waals surface area (Å²) in [6.07, 6.45) is 8.25. The van der Waals surface area contributed by atoms with Crippen molar-refractivity contribution < 1.29 is 4.42 Å². The fourth-order valence-electron chi connectivity index (χ4n) is 6.81. The molecule has 1 aliphatic rings. The average molecular weight is 555 g/mol. The van der Waals surface area contributed by atoms with Gasteiger partial charge in [0.05, 0.1) is 0 Å². The number of nitrogen functional groups attached to an aromatic ring is 1. The van der Waals surface area contributed by atoms with Gasteiger partial charge in [-0.25, -0.2) is 0 Å². The Bertz CT molecular complexity index is 2310. The third kappa shape index (κ3) is 3.82. The molecular formula is C40H30N2O. The standard InChI is InChI=1S/C40H30N2O/c1-3-10-30-34-24-26(18-20-39(34)43-38(30)4-2)25-17-19-37-33(23-25)29-13-7-8-16-36(29)42(37)22-21-32-28-12-6-5-11-27(28)31-14-9-15-35(41)40(31)32/h3-21,23-24H,2,22,41H2,1H3/b10-3-,32-21-. The molecule has 1 aliphatic carbocycles. The maximum Gasteiger partial charge on any atom is 0.135 e. The largest absolute Gasteiger partial charge is 0.456 e. The molecule has 2 aromatic heterocycles. The maximum absolute atomic E-state index is 6.55. The number of para-hydroxylation sites is 1. The van der Waals surface area contributed by atoms with Crippen LogP contribution in [0.15, 0.2) is 126 Å². The lowest BCUT2D eigenvalue weighted by Crippen LogP contribution is -1.97. The number of aromatic nitrogens is 1. The first kappa shape index (κ1) is 25.2. The minimum Gasteiger partial charge on any atom is -0.456 e. The Balaban J connectivity index is 1.27. The quantitative estimate of drug-likeness (QED) is 0.215. The topological polar surface area (TPSA) is 44.1 Å². The van der Waals surface area contributed by atoms with Crippen LogP contribution in [0.25, 0.3) is 72.8 Å². The van der Waals surface area contributed by atoms with Gasteiger partial charge in [-0.05, 0) is 82.8 Å². The van der Waals surface area contributed by atoms with E-state index >= 15 is 0 Å². The predicted molar refractivity (Wildman–Crippen MR) is 183 cm³/mol. The summed E-state index contributed by atoms with van der Waals surface area (Å²) in [5.74, 6) is 0.798. The molecule has 0 unspecified atom stereocenters. The highest BCUT2D eigenvalue weighted by Crippen LogP contribution is 2.47. The number of allylic oxidation sites excluding steroid dienone is 2. The number of nitrogens with two attached hydrogens (primary N) is 1. The van der Waals surface area contributed by atoms with Crippen molar-refractivity contribution in [3.63, 3.8) is 0 Å². The molecule has 7 aromatic rings. The summed E-state index contributed by atoms with van der Waals surface area (Å²) in [6, 6.07) is 36.8. The van der Waals surface area contributed by atoms with E-state index in [0.29, 0.717) is 0 Å².